The first-order chi connectivity index (χ1) is 15.4. The summed E-state index contributed by atoms with van der Waals surface area (Å²) in [6.45, 7) is 0.323. The molecule has 3 aromatic rings. The van der Waals surface area contributed by atoms with Crippen molar-refractivity contribution >= 4 is 33.2 Å². The maximum Gasteiger partial charge on any atom is 0.264 e. The topological polar surface area (TPSA) is 84.9 Å². The van der Waals surface area contributed by atoms with Crippen LogP contribution in [0.4, 0.5) is 5.69 Å². The highest BCUT2D eigenvalue weighted by molar-refractivity contribution is 7.92. The van der Waals surface area contributed by atoms with Crippen LogP contribution >= 0.6 is 11.6 Å². The van der Waals surface area contributed by atoms with Gasteiger partial charge in [0, 0.05) is 5.02 Å². The van der Waals surface area contributed by atoms with Crippen LogP contribution in [0.1, 0.15) is 0 Å². The van der Waals surface area contributed by atoms with Gasteiger partial charge in [-0.3, -0.25) is 9.10 Å². The zero-order chi connectivity index (χ0) is 22.6. The molecule has 1 amide bonds. The number of rotatable bonds is 7. The molecule has 1 heterocycles. The lowest BCUT2D eigenvalue weighted by Crippen LogP contribution is -2.51. The molecular weight excluding hydrogens is 452 g/mol. The number of hydrogen-bond acceptors (Lipinski definition) is 5. The molecule has 3 aromatic carbocycles. The van der Waals surface area contributed by atoms with Crippen LogP contribution in [0.2, 0.25) is 5.02 Å². The van der Waals surface area contributed by atoms with E-state index in [-0.39, 0.29) is 36.0 Å². The van der Waals surface area contributed by atoms with Crippen LogP contribution in [0.3, 0.4) is 0 Å². The molecule has 166 valence electrons. The highest BCUT2D eigenvalue weighted by Gasteiger charge is 2.37. The average molecular weight is 473 g/mol. The quantitative estimate of drug-likeness (QED) is 0.532. The lowest BCUT2D eigenvalue weighted by Gasteiger charge is -2.34. The molecule has 0 fully saturated rings. The number of carbonyl (C=O) groups excluding carboxylic acids is 1. The average Bonchev–Trinajstić information content (AvgIpc) is 2.82. The number of nitrogens with zero attached hydrogens (tertiary/aromatic N) is 1. The molecule has 0 unspecified atom stereocenters. The largest absolute Gasteiger partial charge is 0.492 e. The second kappa shape index (κ2) is 9.50. The van der Waals surface area contributed by atoms with Crippen LogP contribution in [0.15, 0.2) is 83.8 Å². The van der Waals surface area contributed by atoms with Gasteiger partial charge in [-0.1, -0.05) is 48.0 Å². The molecule has 9 heteroatoms. The number of para-hydroxylation sites is 1. The standard InChI is InChI=1S/C23H21ClN2O5S/c24-17-11-12-21-20(15-17)26(32(28,29)19-9-5-2-6-10-19)16-22(31-21)23(27)25-13-14-30-18-7-3-1-4-8-18/h1-12,15,22H,13-14,16H2,(H,25,27)/t22-/m0/s1. The van der Waals surface area contributed by atoms with Gasteiger partial charge in [0.05, 0.1) is 23.7 Å². The number of halogens is 1. The van der Waals surface area contributed by atoms with Crippen molar-refractivity contribution in [2.75, 3.05) is 24.0 Å². The molecule has 1 aliphatic rings. The van der Waals surface area contributed by atoms with Gasteiger partial charge in [-0.05, 0) is 42.5 Å². The normalized spacial score (nSPS) is 15.4. The Morgan fingerprint density at radius 2 is 1.75 bits per heavy atom. The van der Waals surface area contributed by atoms with Crippen LogP contribution in [0.5, 0.6) is 11.5 Å². The number of nitrogens with one attached hydrogen (secondary N) is 1. The molecule has 7 nitrogen and oxygen atoms in total. The molecule has 0 radical (unpaired) electrons. The SMILES string of the molecule is O=C(NCCOc1ccccc1)[C@@H]1CN(S(=O)(=O)c2ccccc2)c2cc(Cl)ccc2O1. The van der Waals surface area contributed by atoms with E-state index < -0.39 is 22.0 Å². The molecule has 0 saturated heterocycles. The van der Waals surface area contributed by atoms with Crippen LogP contribution in [0.25, 0.3) is 0 Å². The van der Waals surface area contributed by atoms with Crippen molar-refractivity contribution in [1.29, 1.82) is 0 Å². The first kappa shape index (κ1) is 22.0. The Bertz CT molecular complexity index is 1190. The summed E-state index contributed by atoms with van der Waals surface area (Å²) < 4.78 is 39.2. The Morgan fingerprint density at radius 3 is 2.47 bits per heavy atom. The lowest BCUT2D eigenvalue weighted by molar-refractivity contribution is -0.127. The monoisotopic (exact) mass is 472 g/mol. The van der Waals surface area contributed by atoms with Crippen LogP contribution < -0.4 is 19.1 Å². The Kier molecular flexibility index (Phi) is 6.53. The van der Waals surface area contributed by atoms with Gasteiger partial charge in [0.25, 0.3) is 15.9 Å². The molecule has 1 N–H and O–H groups in total. The van der Waals surface area contributed by atoms with E-state index in [1.54, 1.807) is 30.3 Å². The van der Waals surface area contributed by atoms with E-state index in [0.717, 1.165) is 4.31 Å². The molecule has 0 aromatic heterocycles. The molecule has 0 saturated carbocycles. The Morgan fingerprint density at radius 1 is 1.06 bits per heavy atom. The number of hydrogen-bond donors (Lipinski definition) is 1. The van der Waals surface area contributed by atoms with E-state index >= 15 is 0 Å². The molecule has 1 atom stereocenters. The van der Waals surface area contributed by atoms with Gasteiger partial charge in [0.15, 0.2) is 6.10 Å². The van der Waals surface area contributed by atoms with Crippen molar-refractivity contribution in [2.24, 2.45) is 0 Å². The van der Waals surface area contributed by atoms with Gasteiger partial charge in [-0.2, -0.15) is 0 Å². The van der Waals surface area contributed by atoms with Crippen molar-refractivity contribution in [2.45, 2.75) is 11.0 Å². The summed E-state index contributed by atoms with van der Waals surface area (Å²) in [7, 11) is -3.93. The van der Waals surface area contributed by atoms with Gasteiger partial charge in [-0.15, -0.1) is 0 Å². The summed E-state index contributed by atoms with van der Waals surface area (Å²) in [6.07, 6.45) is -1.03. The van der Waals surface area contributed by atoms with Crippen molar-refractivity contribution in [3.05, 3.63) is 83.9 Å². The highest BCUT2D eigenvalue weighted by Crippen LogP contribution is 2.38. The number of carbonyl (C=O) groups is 1. The van der Waals surface area contributed by atoms with Crippen molar-refractivity contribution in [3.63, 3.8) is 0 Å². The fourth-order valence-corrected chi connectivity index (χ4v) is 4.94. The van der Waals surface area contributed by atoms with Gasteiger partial charge in [0.1, 0.15) is 18.1 Å². The van der Waals surface area contributed by atoms with Crippen molar-refractivity contribution < 1.29 is 22.7 Å². The van der Waals surface area contributed by atoms with Crippen LogP contribution in [-0.2, 0) is 14.8 Å². The Hall–Kier alpha value is -3.23. The second-order valence-electron chi connectivity index (χ2n) is 7.02. The zero-order valence-electron chi connectivity index (χ0n) is 17.0. The minimum absolute atomic E-state index is 0.114. The minimum atomic E-state index is -3.93. The molecule has 4 rings (SSSR count). The predicted molar refractivity (Wildman–Crippen MR) is 122 cm³/mol. The maximum absolute atomic E-state index is 13.3. The van der Waals surface area contributed by atoms with Crippen molar-refractivity contribution in [3.8, 4) is 11.5 Å². The third kappa shape index (κ3) is 4.81. The summed E-state index contributed by atoms with van der Waals surface area (Å²) >= 11 is 6.10. The van der Waals surface area contributed by atoms with E-state index in [9.17, 15) is 13.2 Å². The van der Waals surface area contributed by atoms with Crippen LogP contribution in [0, 0.1) is 0 Å². The third-order valence-electron chi connectivity index (χ3n) is 4.83. The minimum Gasteiger partial charge on any atom is -0.492 e. The number of fused-ring (bicyclic) bond motifs is 1. The first-order valence-corrected chi connectivity index (χ1v) is 11.8. The highest BCUT2D eigenvalue weighted by atomic mass is 35.5. The van der Waals surface area contributed by atoms with Gasteiger partial charge < -0.3 is 14.8 Å². The third-order valence-corrected chi connectivity index (χ3v) is 6.86. The molecule has 0 spiro atoms. The summed E-state index contributed by atoms with van der Waals surface area (Å²) in [4.78, 5) is 12.9. The number of anilines is 1. The summed E-state index contributed by atoms with van der Waals surface area (Å²) in [5.74, 6) is 0.526. The van der Waals surface area contributed by atoms with E-state index in [4.69, 9.17) is 21.1 Å². The maximum atomic E-state index is 13.3. The number of ether oxygens (including phenoxy) is 2. The molecule has 0 bridgehead atoms. The zero-order valence-corrected chi connectivity index (χ0v) is 18.6. The Balaban J connectivity index is 1.50. The molecular formula is C23H21ClN2O5S. The lowest BCUT2D eigenvalue weighted by atomic mass is 10.2. The summed E-state index contributed by atoms with van der Waals surface area (Å²) in [5.41, 5.74) is 0.290. The van der Waals surface area contributed by atoms with E-state index in [2.05, 4.69) is 5.32 Å². The number of benzene rings is 3. The Labute approximate surface area is 191 Å². The summed E-state index contributed by atoms with van der Waals surface area (Å²) in [6, 6.07) is 21.9. The second-order valence-corrected chi connectivity index (χ2v) is 9.32. The predicted octanol–water partition coefficient (Wildman–Crippen LogP) is 3.49. The van der Waals surface area contributed by atoms with Gasteiger partial charge >= 0.3 is 0 Å². The van der Waals surface area contributed by atoms with Gasteiger partial charge in [0.2, 0.25) is 0 Å². The fourth-order valence-electron chi connectivity index (χ4n) is 3.28. The smallest absolute Gasteiger partial charge is 0.264 e. The van der Waals surface area contributed by atoms with E-state index in [1.165, 1.54) is 18.2 Å². The summed E-state index contributed by atoms with van der Waals surface area (Å²) in [5, 5.41) is 3.10. The van der Waals surface area contributed by atoms with Crippen molar-refractivity contribution in [1.82, 2.24) is 5.32 Å². The van der Waals surface area contributed by atoms with Crippen LogP contribution in [-0.4, -0.2) is 40.1 Å². The first-order valence-electron chi connectivity index (χ1n) is 9.95. The van der Waals surface area contributed by atoms with E-state index in [1.807, 2.05) is 30.3 Å². The van der Waals surface area contributed by atoms with Gasteiger partial charge in [-0.25, -0.2) is 8.42 Å². The number of amides is 1. The fraction of sp³-hybridized carbons (Fsp3) is 0.174. The number of sulfonamides is 1. The van der Waals surface area contributed by atoms with E-state index in [0.29, 0.717) is 10.8 Å². The molecule has 1 aliphatic heterocycles. The molecule has 32 heavy (non-hydrogen) atoms. The molecule has 0 aliphatic carbocycles.